The van der Waals surface area contributed by atoms with Crippen molar-refractivity contribution in [1.82, 2.24) is 14.9 Å². The largest absolute Gasteiger partial charge is 0.361 e. The van der Waals surface area contributed by atoms with E-state index in [1.165, 1.54) is 10.9 Å². The van der Waals surface area contributed by atoms with Crippen molar-refractivity contribution in [3.63, 3.8) is 0 Å². The summed E-state index contributed by atoms with van der Waals surface area (Å²) in [6.45, 7) is 0.909. The van der Waals surface area contributed by atoms with E-state index in [1.807, 2.05) is 48.7 Å². The van der Waals surface area contributed by atoms with Crippen LogP contribution in [-0.2, 0) is 17.8 Å². The van der Waals surface area contributed by atoms with Gasteiger partial charge in [-0.25, -0.2) is 0 Å². The molecule has 2 heterocycles. The molecule has 0 aliphatic rings. The summed E-state index contributed by atoms with van der Waals surface area (Å²) in [6, 6.07) is 28.8. The van der Waals surface area contributed by atoms with Crippen molar-refractivity contribution < 1.29 is 4.79 Å². The number of benzene rings is 3. The van der Waals surface area contributed by atoms with Crippen LogP contribution >= 0.6 is 0 Å². The van der Waals surface area contributed by atoms with E-state index in [9.17, 15) is 4.79 Å². The Morgan fingerprint density at radius 2 is 1.67 bits per heavy atom. The molecule has 30 heavy (non-hydrogen) atoms. The minimum absolute atomic E-state index is 0.0216. The van der Waals surface area contributed by atoms with E-state index in [0.717, 1.165) is 34.1 Å². The summed E-state index contributed by atoms with van der Waals surface area (Å²) in [5, 5.41) is 5.45. The molecule has 0 saturated carbocycles. The van der Waals surface area contributed by atoms with Crippen LogP contribution in [0.3, 0.4) is 0 Å². The van der Waals surface area contributed by atoms with Crippen LogP contribution in [0, 0.1) is 0 Å². The molecule has 3 aromatic carbocycles. The summed E-state index contributed by atoms with van der Waals surface area (Å²) < 4.78 is 2.10. The number of H-pyrrole nitrogens is 1. The standard InChI is InChI=1S/C26H23N3O/c30-26(27-15-14-21-17-28-23-12-6-5-11-22(21)23)18-29-24-13-7-4-10-20(24)16-25(29)19-8-2-1-3-9-19/h1-13,16-17,28H,14-15,18H2,(H,27,30). The summed E-state index contributed by atoms with van der Waals surface area (Å²) in [5.41, 5.74) is 5.60. The molecule has 5 rings (SSSR count). The van der Waals surface area contributed by atoms with Crippen molar-refractivity contribution in [2.75, 3.05) is 6.54 Å². The van der Waals surface area contributed by atoms with Gasteiger partial charge in [-0.1, -0.05) is 66.7 Å². The highest BCUT2D eigenvalue weighted by molar-refractivity contribution is 5.89. The van der Waals surface area contributed by atoms with E-state index in [1.54, 1.807) is 0 Å². The number of carbonyl (C=O) groups excluding carboxylic acids is 1. The highest BCUT2D eigenvalue weighted by Gasteiger charge is 2.13. The van der Waals surface area contributed by atoms with Crippen molar-refractivity contribution in [2.45, 2.75) is 13.0 Å². The maximum absolute atomic E-state index is 12.8. The van der Waals surface area contributed by atoms with E-state index in [4.69, 9.17) is 0 Å². The zero-order valence-corrected chi connectivity index (χ0v) is 16.6. The molecule has 0 bridgehead atoms. The molecule has 5 aromatic rings. The minimum atomic E-state index is 0.0216. The Hall–Kier alpha value is -3.79. The third kappa shape index (κ3) is 3.48. The van der Waals surface area contributed by atoms with Gasteiger partial charge in [-0.05, 0) is 35.7 Å². The van der Waals surface area contributed by atoms with Gasteiger partial charge in [-0.3, -0.25) is 4.79 Å². The quantitative estimate of drug-likeness (QED) is 0.412. The summed E-state index contributed by atoms with van der Waals surface area (Å²) in [7, 11) is 0. The van der Waals surface area contributed by atoms with Gasteiger partial charge in [0.05, 0.1) is 0 Å². The Morgan fingerprint density at radius 1 is 0.900 bits per heavy atom. The first-order valence-electron chi connectivity index (χ1n) is 10.2. The van der Waals surface area contributed by atoms with E-state index < -0.39 is 0 Å². The number of nitrogens with one attached hydrogen (secondary N) is 2. The van der Waals surface area contributed by atoms with Crippen molar-refractivity contribution in [3.05, 3.63) is 96.7 Å². The van der Waals surface area contributed by atoms with Gasteiger partial charge in [0.2, 0.25) is 5.91 Å². The Morgan fingerprint density at radius 3 is 2.57 bits per heavy atom. The normalized spacial score (nSPS) is 11.2. The predicted octanol–water partition coefficient (Wildman–Crippen LogP) is 5.15. The van der Waals surface area contributed by atoms with Gasteiger partial charge in [0.1, 0.15) is 6.54 Å². The lowest BCUT2D eigenvalue weighted by Crippen LogP contribution is -2.29. The van der Waals surface area contributed by atoms with Crippen molar-refractivity contribution in [3.8, 4) is 11.3 Å². The Labute approximate surface area is 175 Å². The molecule has 0 saturated heterocycles. The molecule has 0 aliphatic carbocycles. The second kappa shape index (κ2) is 7.91. The highest BCUT2D eigenvalue weighted by Crippen LogP contribution is 2.28. The molecule has 148 valence electrons. The monoisotopic (exact) mass is 393 g/mol. The molecule has 2 aromatic heterocycles. The van der Waals surface area contributed by atoms with Gasteiger partial charge < -0.3 is 14.9 Å². The number of nitrogens with zero attached hydrogens (tertiary/aromatic N) is 1. The molecule has 0 fully saturated rings. The maximum atomic E-state index is 12.8. The first-order chi connectivity index (χ1) is 14.8. The lowest BCUT2D eigenvalue weighted by atomic mass is 10.1. The average Bonchev–Trinajstić information content (AvgIpc) is 3.36. The molecule has 0 unspecified atom stereocenters. The van der Waals surface area contributed by atoms with Crippen molar-refractivity contribution in [1.29, 1.82) is 0 Å². The zero-order valence-electron chi connectivity index (χ0n) is 16.6. The SMILES string of the molecule is O=C(Cn1c(-c2ccccc2)cc2ccccc21)NCCc1c[nH]c2ccccc12. The average molecular weight is 393 g/mol. The summed E-state index contributed by atoms with van der Waals surface area (Å²) in [5.74, 6) is 0.0216. The summed E-state index contributed by atoms with van der Waals surface area (Å²) in [4.78, 5) is 16.1. The number of carbonyl (C=O) groups is 1. The van der Waals surface area contributed by atoms with Crippen LogP contribution in [0.2, 0.25) is 0 Å². The van der Waals surface area contributed by atoms with Crippen LogP contribution in [0.5, 0.6) is 0 Å². The fourth-order valence-corrected chi connectivity index (χ4v) is 4.10. The van der Waals surface area contributed by atoms with Crippen molar-refractivity contribution >= 4 is 27.7 Å². The van der Waals surface area contributed by atoms with Gasteiger partial charge in [-0.2, -0.15) is 0 Å². The van der Waals surface area contributed by atoms with Gasteiger partial charge in [0.25, 0.3) is 0 Å². The zero-order chi connectivity index (χ0) is 20.3. The number of hydrogen-bond acceptors (Lipinski definition) is 1. The number of amides is 1. The van der Waals surface area contributed by atoms with Gasteiger partial charge in [0, 0.05) is 40.2 Å². The molecule has 0 aliphatic heterocycles. The molecule has 4 heteroatoms. The lowest BCUT2D eigenvalue weighted by Gasteiger charge is -2.11. The molecule has 0 radical (unpaired) electrons. The number of hydrogen-bond donors (Lipinski definition) is 2. The first kappa shape index (κ1) is 18.3. The number of aromatic amines is 1. The Kier molecular flexibility index (Phi) is 4.81. The topological polar surface area (TPSA) is 49.8 Å². The third-order valence-corrected chi connectivity index (χ3v) is 5.57. The van der Waals surface area contributed by atoms with Gasteiger partial charge in [0.15, 0.2) is 0 Å². The maximum Gasteiger partial charge on any atom is 0.239 e. The van der Waals surface area contributed by atoms with Crippen LogP contribution in [0.4, 0.5) is 0 Å². The second-order valence-electron chi connectivity index (χ2n) is 7.50. The molecule has 4 nitrogen and oxygen atoms in total. The molecule has 2 N–H and O–H groups in total. The van der Waals surface area contributed by atoms with E-state index >= 15 is 0 Å². The lowest BCUT2D eigenvalue weighted by molar-refractivity contribution is -0.121. The van der Waals surface area contributed by atoms with Crippen LogP contribution in [0.25, 0.3) is 33.1 Å². The second-order valence-corrected chi connectivity index (χ2v) is 7.50. The van der Waals surface area contributed by atoms with Gasteiger partial charge >= 0.3 is 0 Å². The number of para-hydroxylation sites is 2. The van der Waals surface area contributed by atoms with Crippen LogP contribution in [0.1, 0.15) is 5.56 Å². The number of rotatable bonds is 6. The van der Waals surface area contributed by atoms with E-state index in [2.05, 4.69) is 57.3 Å². The minimum Gasteiger partial charge on any atom is -0.361 e. The van der Waals surface area contributed by atoms with Crippen molar-refractivity contribution in [2.24, 2.45) is 0 Å². The third-order valence-electron chi connectivity index (χ3n) is 5.57. The Balaban J connectivity index is 1.33. The molecule has 0 spiro atoms. The smallest absolute Gasteiger partial charge is 0.239 e. The molecule has 0 atom stereocenters. The number of aromatic nitrogens is 2. The van der Waals surface area contributed by atoms with E-state index in [0.29, 0.717) is 13.1 Å². The van der Waals surface area contributed by atoms with E-state index in [-0.39, 0.29) is 5.91 Å². The highest BCUT2D eigenvalue weighted by atomic mass is 16.1. The first-order valence-corrected chi connectivity index (χ1v) is 10.2. The molecule has 1 amide bonds. The fraction of sp³-hybridized carbons (Fsp3) is 0.115. The number of fused-ring (bicyclic) bond motifs is 2. The van der Waals surface area contributed by atoms with Crippen LogP contribution in [0.15, 0.2) is 91.1 Å². The van der Waals surface area contributed by atoms with Crippen LogP contribution < -0.4 is 5.32 Å². The molecular formula is C26H23N3O. The molecular weight excluding hydrogens is 370 g/mol. The van der Waals surface area contributed by atoms with Crippen LogP contribution in [-0.4, -0.2) is 22.0 Å². The fourth-order valence-electron chi connectivity index (χ4n) is 4.10. The predicted molar refractivity (Wildman–Crippen MR) is 122 cm³/mol. The Bertz CT molecular complexity index is 1310. The van der Waals surface area contributed by atoms with Gasteiger partial charge in [-0.15, -0.1) is 0 Å². The summed E-state index contributed by atoms with van der Waals surface area (Å²) >= 11 is 0. The summed E-state index contributed by atoms with van der Waals surface area (Å²) in [6.07, 6.45) is 2.83.